The first-order valence-electron chi connectivity index (χ1n) is 17.4. The van der Waals surface area contributed by atoms with E-state index >= 15 is 0 Å². The van der Waals surface area contributed by atoms with Crippen molar-refractivity contribution in [3.63, 3.8) is 0 Å². The van der Waals surface area contributed by atoms with E-state index in [2.05, 4.69) is 26.6 Å². The van der Waals surface area contributed by atoms with Crippen molar-refractivity contribution in [1.82, 2.24) is 26.6 Å². The Kier molecular flexibility index (Phi) is 20.1. The number of carboxylic acids is 1. The van der Waals surface area contributed by atoms with Crippen LogP contribution in [0.4, 0.5) is 0 Å². The number of aromatic hydroxyl groups is 1. The average Bonchev–Trinajstić information content (AvgIpc) is 3.07. The number of carbonyl (C=O) groups excluding carboxylic acids is 7. The number of benzene rings is 1. The second-order valence-corrected chi connectivity index (χ2v) is 13.2. The van der Waals surface area contributed by atoms with Crippen molar-refractivity contribution >= 4 is 47.3 Å². The summed E-state index contributed by atoms with van der Waals surface area (Å²) in [6.45, 7) is 5.33. The van der Waals surface area contributed by atoms with Gasteiger partial charge in [0.25, 0.3) is 0 Å². The van der Waals surface area contributed by atoms with Gasteiger partial charge < -0.3 is 59.7 Å². The predicted octanol–water partition coefficient (Wildman–Crippen LogP) is -2.50. The topological polar surface area (TPSA) is 341 Å². The minimum absolute atomic E-state index is 0.0530. The molecule has 0 spiro atoms. The Morgan fingerprint density at radius 3 is 1.60 bits per heavy atom. The number of hydrogen-bond donors (Lipinski definition) is 11. The zero-order valence-electron chi connectivity index (χ0n) is 30.4. The van der Waals surface area contributed by atoms with E-state index in [0.717, 1.165) is 0 Å². The lowest BCUT2D eigenvalue weighted by Crippen LogP contribution is -2.59. The van der Waals surface area contributed by atoms with Crippen molar-refractivity contribution in [3.8, 4) is 5.75 Å². The first kappa shape index (κ1) is 45.7. The van der Waals surface area contributed by atoms with Crippen LogP contribution in [-0.2, 0) is 44.8 Å². The molecule has 1 rings (SSSR count). The molecule has 296 valence electrons. The van der Waals surface area contributed by atoms with Crippen molar-refractivity contribution in [3.05, 3.63) is 29.8 Å². The summed E-state index contributed by atoms with van der Waals surface area (Å²) in [6.07, 6.45) is -0.0310. The number of hydrogen-bond acceptors (Lipinski definition) is 11. The van der Waals surface area contributed by atoms with Crippen LogP contribution in [0, 0.1) is 5.92 Å². The summed E-state index contributed by atoms with van der Waals surface area (Å²) in [5.41, 5.74) is 22.5. The third-order valence-electron chi connectivity index (χ3n) is 8.01. The second-order valence-electron chi connectivity index (χ2n) is 13.2. The molecular weight excluding hydrogens is 694 g/mol. The van der Waals surface area contributed by atoms with Gasteiger partial charge in [-0.3, -0.25) is 33.6 Å². The van der Waals surface area contributed by atoms with E-state index in [1.54, 1.807) is 0 Å². The molecule has 15 N–H and O–H groups in total. The zero-order chi connectivity index (χ0) is 40.2. The van der Waals surface area contributed by atoms with Crippen LogP contribution in [0.3, 0.4) is 0 Å². The average molecular weight is 750 g/mol. The Hall–Kier alpha value is -5.30. The van der Waals surface area contributed by atoms with Gasteiger partial charge in [0.15, 0.2) is 0 Å². The predicted molar refractivity (Wildman–Crippen MR) is 192 cm³/mol. The van der Waals surface area contributed by atoms with Crippen molar-refractivity contribution < 1.29 is 48.6 Å². The number of primary amides is 2. The van der Waals surface area contributed by atoms with Gasteiger partial charge in [0.1, 0.15) is 36.0 Å². The highest BCUT2D eigenvalue weighted by atomic mass is 16.4. The highest BCUT2D eigenvalue weighted by Gasteiger charge is 2.32. The summed E-state index contributed by atoms with van der Waals surface area (Å²) in [7, 11) is 0. The number of carbonyl (C=O) groups is 8. The lowest BCUT2D eigenvalue weighted by atomic mass is 10.0. The third-order valence-corrected chi connectivity index (χ3v) is 8.01. The van der Waals surface area contributed by atoms with Crippen LogP contribution in [-0.4, -0.2) is 100 Å². The Morgan fingerprint density at radius 2 is 1.11 bits per heavy atom. The molecule has 0 unspecified atom stereocenters. The van der Waals surface area contributed by atoms with Gasteiger partial charge in [-0.1, -0.05) is 26.0 Å². The number of aliphatic carboxylic acids is 1. The lowest BCUT2D eigenvalue weighted by Gasteiger charge is -2.27. The number of nitrogens with one attached hydrogen (secondary N) is 5. The molecule has 53 heavy (non-hydrogen) atoms. The summed E-state index contributed by atoms with van der Waals surface area (Å²) in [4.78, 5) is 101. The fourth-order valence-electron chi connectivity index (χ4n) is 5.05. The largest absolute Gasteiger partial charge is 0.508 e. The SMILES string of the molecule is CC(C)C[C@H](N)C(=O)N[C@@H](CCC(N)=O)C(=O)N[C@@H](Cc1ccc(O)cc1)C(=O)N[C@@H](CCC(N)=O)C(=O)N[C@@H](C)C(=O)N[C@@H](CCCCN)C(=O)O. The van der Waals surface area contributed by atoms with Crippen LogP contribution in [0.15, 0.2) is 24.3 Å². The molecule has 0 aliphatic rings. The molecule has 19 heteroatoms. The quantitative estimate of drug-likeness (QED) is 0.0462. The number of carboxylic acid groups (broad SMARTS) is 1. The first-order chi connectivity index (χ1) is 24.8. The molecule has 0 aromatic heterocycles. The van der Waals surface area contributed by atoms with E-state index in [1.807, 2.05) is 13.8 Å². The molecule has 1 aromatic carbocycles. The molecule has 1 aromatic rings. The van der Waals surface area contributed by atoms with Gasteiger partial charge in [-0.2, -0.15) is 0 Å². The summed E-state index contributed by atoms with van der Waals surface area (Å²) in [6, 6.07) is -2.09. The lowest BCUT2D eigenvalue weighted by molar-refractivity contribution is -0.142. The van der Waals surface area contributed by atoms with E-state index in [1.165, 1.54) is 31.2 Å². The molecule has 0 bridgehead atoms. The van der Waals surface area contributed by atoms with Crippen LogP contribution in [0.2, 0.25) is 0 Å². The number of phenolic OH excluding ortho intramolecular Hbond substituents is 1. The Morgan fingerprint density at radius 1 is 0.642 bits per heavy atom. The molecule has 0 heterocycles. The maximum Gasteiger partial charge on any atom is 0.326 e. The summed E-state index contributed by atoms with van der Waals surface area (Å²) >= 11 is 0. The number of amides is 7. The molecule has 6 atom stereocenters. The van der Waals surface area contributed by atoms with Gasteiger partial charge in [-0.25, -0.2) is 4.79 Å². The number of rotatable bonds is 25. The summed E-state index contributed by atoms with van der Waals surface area (Å²) in [5, 5.41) is 31.5. The fourth-order valence-corrected chi connectivity index (χ4v) is 5.05. The second kappa shape index (κ2) is 23.3. The van der Waals surface area contributed by atoms with E-state index in [-0.39, 0.29) is 50.2 Å². The normalized spacial score (nSPS) is 14.4. The van der Waals surface area contributed by atoms with Gasteiger partial charge in [0.2, 0.25) is 41.4 Å². The Bertz CT molecular complexity index is 1420. The van der Waals surface area contributed by atoms with E-state index in [0.29, 0.717) is 31.4 Å². The van der Waals surface area contributed by atoms with Gasteiger partial charge in [-0.05, 0) is 75.6 Å². The molecular formula is C34H55N9O10. The van der Waals surface area contributed by atoms with Crippen molar-refractivity contribution in [1.29, 1.82) is 0 Å². The van der Waals surface area contributed by atoms with Crippen LogP contribution in [0.1, 0.15) is 77.7 Å². The highest BCUT2D eigenvalue weighted by Crippen LogP contribution is 2.13. The fraction of sp³-hybridized carbons (Fsp3) is 0.588. The molecule has 0 saturated heterocycles. The summed E-state index contributed by atoms with van der Waals surface area (Å²) < 4.78 is 0. The van der Waals surface area contributed by atoms with E-state index in [9.17, 15) is 48.6 Å². The summed E-state index contributed by atoms with van der Waals surface area (Å²) in [5.74, 6) is -7.07. The van der Waals surface area contributed by atoms with Crippen LogP contribution in [0.5, 0.6) is 5.75 Å². The molecule has 0 aliphatic heterocycles. The maximum absolute atomic E-state index is 13.8. The minimum atomic E-state index is -1.47. The zero-order valence-corrected chi connectivity index (χ0v) is 30.4. The molecule has 7 amide bonds. The first-order valence-corrected chi connectivity index (χ1v) is 17.4. The molecule has 0 fully saturated rings. The van der Waals surface area contributed by atoms with Crippen LogP contribution >= 0.6 is 0 Å². The maximum atomic E-state index is 13.8. The number of unbranched alkanes of at least 4 members (excludes halogenated alkanes) is 1. The van der Waals surface area contributed by atoms with Crippen molar-refractivity contribution in [2.75, 3.05) is 6.54 Å². The smallest absolute Gasteiger partial charge is 0.326 e. The molecule has 0 radical (unpaired) electrons. The monoisotopic (exact) mass is 749 g/mol. The Balaban J connectivity index is 3.32. The van der Waals surface area contributed by atoms with Crippen molar-refractivity contribution in [2.24, 2.45) is 28.9 Å². The van der Waals surface area contributed by atoms with Gasteiger partial charge in [0, 0.05) is 19.3 Å². The van der Waals surface area contributed by atoms with Gasteiger partial charge in [-0.15, -0.1) is 0 Å². The number of nitrogens with two attached hydrogens (primary N) is 4. The van der Waals surface area contributed by atoms with Crippen molar-refractivity contribution in [2.45, 2.75) is 115 Å². The van der Waals surface area contributed by atoms with Gasteiger partial charge >= 0.3 is 5.97 Å². The minimum Gasteiger partial charge on any atom is -0.508 e. The molecule has 0 aliphatic carbocycles. The standard InChI is InChI=1S/C34H55N9O10/c1-18(2)16-22(36)30(48)40-24(12-14-28(38)46)32(50)43-26(17-20-7-9-21(44)10-8-20)33(51)41-23(11-13-27(37)45)31(49)39-19(3)29(47)42-25(34(52)53)6-4-5-15-35/h7-10,18-19,22-26,44H,4-6,11-17,35-36H2,1-3H3,(H2,37,45)(H2,38,46)(H,39,49)(H,40,48)(H,41,51)(H,42,47)(H,43,50)(H,52,53)/t19-,22-,23-,24-,25-,26-/m0/s1. The highest BCUT2D eigenvalue weighted by molar-refractivity contribution is 5.96. The van der Waals surface area contributed by atoms with E-state index < -0.39 is 83.6 Å². The molecule has 0 saturated carbocycles. The van der Waals surface area contributed by atoms with Crippen LogP contribution < -0.4 is 49.5 Å². The number of phenols is 1. The van der Waals surface area contributed by atoms with Gasteiger partial charge in [0.05, 0.1) is 6.04 Å². The van der Waals surface area contributed by atoms with E-state index in [4.69, 9.17) is 22.9 Å². The Labute approximate surface area is 308 Å². The molecule has 19 nitrogen and oxygen atoms in total. The van der Waals surface area contributed by atoms with Crippen LogP contribution in [0.25, 0.3) is 0 Å². The third kappa shape index (κ3) is 18.2.